The molecular weight excluding hydrogens is 484 g/mol. The van der Waals surface area contributed by atoms with Crippen molar-refractivity contribution in [2.75, 3.05) is 24.5 Å². The van der Waals surface area contributed by atoms with Crippen molar-refractivity contribution < 1.29 is 18.4 Å². The van der Waals surface area contributed by atoms with Crippen LogP contribution in [0.25, 0.3) is 11.1 Å². The Balaban J connectivity index is 1.31. The Labute approximate surface area is 212 Å². The zero-order valence-corrected chi connectivity index (χ0v) is 20.3. The monoisotopic (exact) mass is 511 g/mol. The van der Waals surface area contributed by atoms with Crippen LogP contribution in [0.5, 0.6) is 0 Å². The quantitative estimate of drug-likeness (QED) is 0.506. The fourth-order valence-electron chi connectivity index (χ4n) is 5.70. The zero-order valence-electron chi connectivity index (χ0n) is 19.5. The predicted molar refractivity (Wildman–Crippen MR) is 135 cm³/mol. The number of carbonyl (C=O) groups is 2. The SMILES string of the molecule is O=C(N[C@@H]1CCCNC1)C1=C2NC(=O)N(c3cccc(-c4cccc(F)c4F)c3)C3CCNC(S1)C23. The molecule has 188 valence electrons. The van der Waals surface area contributed by atoms with Crippen LogP contribution in [0.1, 0.15) is 19.3 Å². The average Bonchev–Trinajstić information content (AvgIpc) is 3.26. The molecule has 4 N–H and O–H groups in total. The normalized spacial score (nSPS) is 27.5. The molecule has 0 bridgehead atoms. The number of nitrogens with zero attached hydrogens (tertiary/aromatic N) is 1. The summed E-state index contributed by atoms with van der Waals surface area (Å²) in [6.45, 7) is 2.41. The standard InChI is InChI=1S/C26H27F2N5O2S/c27-18-8-2-7-17(21(18)28)14-4-1-6-16(12-14)33-19-9-11-30-25-20(19)22(32-26(33)35)23(36-25)24(34)31-15-5-3-10-29-13-15/h1-2,4,6-8,12,15,19-20,25,29-30H,3,5,9-11,13H2,(H,31,34)(H,32,35)/t15-,19?,20?,25?/m1/s1. The summed E-state index contributed by atoms with van der Waals surface area (Å²) in [5, 5.41) is 12.9. The first-order valence-corrected chi connectivity index (χ1v) is 13.2. The summed E-state index contributed by atoms with van der Waals surface area (Å²) in [5.74, 6) is -2.06. The number of rotatable bonds is 4. The third-order valence-corrected chi connectivity index (χ3v) is 8.72. The highest BCUT2D eigenvalue weighted by molar-refractivity contribution is 8.04. The van der Waals surface area contributed by atoms with E-state index in [0.29, 0.717) is 34.8 Å². The van der Waals surface area contributed by atoms with E-state index in [-0.39, 0.29) is 40.9 Å². The molecule has 4 aliphatic rings. The molecule has 2 aromatic carbocycles. The summed E-state index contributed by atoms with van der Waals surface area (Å²) >= 11 is 1.47. The smallest absolute Gasteiger partial charge is 0.326 e. The predicted octanol–water partition coefficient (Wildman–Crippen LogP) is 3.29. The first kappa shape index (κ1) is 23.4. The van der Waals surface area contributed by atoms with Gasteiger partial charge in [-0.3, -0.25) is 9.69 Å². The lowest BCUT2D eigenvalue weighted by Gasteiger charge is -2.45. The molecule has 0 saturated carbocycles. The second-order valence-electron chi connectivity index (χ2n) is 9.59. The van der Waals surface area contributed by atoms with Gasteiger partial charge in [0.2, 0.25) is 0 Å². The van der Waals surface area contributed by atoms with Crippen molar-refractivity contribution in [1.29, 1.82) is 0 Å². The number of piperidine rings is 2. The number of thioether (sulfide) groups is 1. The molecule has 3 saturated heterocycles. The molecule has 36 heavy (non-hydrogen) atoms. The maximum absolute atomic E-state index is 14.5. The van der Waals surface area contributed by atoms with E-state index in [2.05, 4.69) is 21.3 Å². The number of carbonyl (C=O) groups excluding carboxylic acids is 2. The number of amides is 3. The van der Waals surface area contributed by atoms with Crippen LogP contribution in [0.4, 0.5) is 19.3 Å². The van der Waals surface area contributed by atoms with Gasteiger partial charge in [0.25, 0.3) is 5.91 Å². The van der Waals surface area contributed by atoms with E-state index in [1.165, 1.54) is 23.9 Å². The van der Waals surface area contributed by atoms with Crippen molar-refractivity contribution in [2.45, 2.75) is 36.7 Å². The van der Waals surface area contributed by atoms with Crippen molar-refractivity contribution in [2.24, 2.45) is 5.92 Å². The Morgan fingerprint density at radius 3 is 2.81 bits per heavy atom. The van der Waals surface area contributed by atoms with Crippen molar-refractivity contribution >= 4 is 29.4 Å². The van der Waals surface area contributed by atoms with Crippen molar-refractivity contribution in [3.05, 3.63) is 64.7 Å². The van der Waals surface area contributed by atoms with Gasteiger partial charge in [-0.2, -0.15) is 0 Å². The van der Waals surface area contributed by atoms with E-state index in [1.54, 1.807) is 29.2 Å². The van der Waals surface area contributed by atoms with Crippen LogP contribution in [0.15, 0.2) is 53.1 Å². The van der Waals surface area contributed by atoms with Crippen LogP contribution in [-0.2, 0) is 4.79 Å². The summed E-state index contributed by atoms with van der Waals surface area (Å²) < 4.78 is 28.3. The fraction of sp³-hybridized carbons (Fsp3) is 0.385. The summed E-state index contributed by atoms with van der Waals surface area (Å²) in [6.07, 6.45) is 2.66. The molecule has 4 atom stereocenters. The van der Waals surface area contributed by atoms with E-state index in [1.807, 2.05) is 0 Å². The Morgan fingerprint density at radius 2 is 1.97 bits per heavy atom. The summed E-state index contributed by atoms with van der Waals surface area (Å²) in [6, 6.07) is 10.6. The molecule has 3 amide bonds. The highest BCUT2D eigenvalue weighted by Gasteiger charge is 2.51. The molecule has 4 aliphatic heterocycles. The lowest BCUT2D eigenvalue weighted by Crippen LogP contribution is -2.62. The summed E-state index contributed by atoms with van der Waals surface area (Å²) in [5.41, 5.74) is 1.92. The number of anilines is 1. The molecule has 6 rings (SSSR count). The first-order chi connectivity index (χ1) is 17.5. The van der Waals surface area contributed by atoms with Gasteiger partial charge in [-0.25, -0.2) is 13.6 Å². The second kappa shape index (κ2) is 9.49. The van der Waals surface area contributed by atoms with E-state index < -0.39 is 11.6 Å². The Bertz CT molecular complexity index is 1250. The average molecular weight is 512 g/mol. The largest absolute Gasteiger partial charge is 0.348 e. The molecule has 0 aromatic heterocycles. The maximum Gasteiger partial charge on any atom is 0.326 e. The number of benzene rings is 2. The Kier molecular flexibility index (Phi) is 6.18. The minimum absolute atomic E-state index is 0.0315. The van der Waals surface area contributed by atoms with Crippen LogP contribution in [-0.4, -0.2) is 49.0 Å². The number of urea groups is 1. The van der Waals surface area contributed by atoms with Crippen LogP contribution in [0.2, 0.25) is 0 Å². The van der Waals surface area contributed by atoms with E-state index in [4.69, 9.17) is 0 Å². The van der Waals surface area contributed by atoms with E-state index >= 15 is 0 Å². The van der Waals surface area contributed by atoms with Crippen LogP contribution >= 0.6 is 11.8 Å². The van der Waals surface area contributed by atoms with Gasteiger partial charge < -0.3 is 21.3 Å². The topological polar surface area (TPSA) is 85.5 Å². The van der Waals surface area contributed by atoms with Crippen molar-refractivity contribution in [3.8, 4) is 11.1 Å². The Morgan fingerprint density at radius 1 is 1.11 bits per heavy atom. The lowest BCUT2D eigenvalue weighted by atomic mass is 9.86. The molecule has 4 heterocycles. The highest BCUT2D eigenvalue weighted by atomic mass is 32.2. The van der Waals surface area contributed by atoms with Crippen LogP contribution in [0, 0.1) is 17.6 Å². The molecule has 0 spiro atoms. The number of hydrogen-bond acceptors (Lipinski definition) is 5. The van der Waals surface area contributed by atoms with Gasteiger partial charge in [0, 0.05) is 35.5 Å². The third kappa shape index (κ3) is 4.07. The number of nitrogens with one attached hydrogen (secondary N) is 4. The molecule has 7 nitrogen and oxygen atoms in total. The summed E-state index contributed by atoms with van der Waals surface area (Å²) in [7, 11) is 0. The van der Waals surface area contributed by atoms with Gasteiger partial charge in [-0.1, -0.05) is 36.0 Å². The van der Waals surface area contributed by atoms with Gasteiger partial charge in [-0.15, -0.1) is 0 Å². The molecule has 3 unspecified atom stereocenters. The third-order valence-electron chi connectivity index (χ3n) is 7.37. The van der Waals surface area contributed by atoms with Crippen LogP contribution < -0.4 is 26.2 Å². The van der Waals surface area contributed by atoms with Gasteiger partial charge in [0.15, 0.2) is 11.6 Å². The first-order valence-electron chi connectivity index (χ1n) is 12.3. The number of halogens is 2. The van der Waals surface area contributed by atoms with Gasteiger partial charge in [0.1, 0.15) is 0 Å². The number of hydrogen-bond donors (Lipinski definition) is 4. The maximum atomic E-state index is 14.5. The lowest BCUT2D eigenvalue weighted by molar-refractivity contribution is -0.117. The van der Waals surface area contributed by atoms with E-state index in [0.717, 1.165) is 32.0 Å². The minimum Gasteiger partial charge on any atom is -0.348 e. The van der Waals surface area contributed by atoms with Crippen molar-refractivity contribution in [3.63, 3.8) is 0 Å². The van der Waals surface area contributed by atoms with Gasteiger partial charge in [0.05, 0.1) is 16.3 Å². The highest BCUT2D eigenvalue weighted by Crippen LogP contribution is 2.48. The minimum atomic E-state index is -0.916. The van der Waals surface area contributed by atoms with Gasteiger partial charge in [-0.05, 0) is 56.1 Å². The zero-order chi connectivity index (χ0) is 24.8. The second-order valence-corrected chi connectivity index (χ2v) is 10.7. The van der Waals surface area contributed by atoms with E-state index in [9.17, 15) is 18.4 Å². The van der Waals surface area contributed by atoms with Crippen LogP contribution in [0.3, 0.4) is 0 Å². The molecule has 3 fully saturated rings. The Hall–Kier alpha value is -2.95. The molecule has 0 aliphatic carbocycles. The molecule has 10 heteroatoms. The van der Waals surface area contributed by atoms with Crippen molar-refractivity contribution in [1.82, 2.24) is 21.3 Å². The summed E-state index contributed by atoms with van der Waals surface area (Å²) in [4.78, 5) is 28.9. The molecule has 0 radical (unpaired) electrons. The van der Waals surface area contributed by atoms with Gasteiger partial charge >= 0.3 is 6.03 Å². The fourth-order valence-corrected chi connectivity index (χ4v) is 7.10. The molecule has 2 aromatic rings. The molecular formula is C26H27F2N5O2S.